The average molecular weight is 349 g/mol. The Morgan fingerprint density at radius 2 is 2.08 bits per heavy atom. The van der Waals surface area contributed by atoms with Crippen molar-refractivity contribution in [1.29, 1.82) is 0 Å². The maximum absolute atomic E-state index is 12.2. The fraction of sp³-hybridized carbons (Fsp3) is 0.400. The van der Waals surface area contributed by atoms with Gasteiger partial charge in [-0.1, -0.05) is 42.1 Å². The third kappa shape index (κ3) is 5.34. The first-order chi connectivity index (χ1) is 11.6. The maximum Gasteiger partial charge on any atom is 0.307 e. The van der Waals surface area contributed by atoms with Gasteiger partial charge in [-0.2, -0.15) is 0 Å². The van der Waals surface area contributed by atoms with Gasteiger partial charge in [0.15, 0.2) is 0 Å². The van der Waals surface area contributed by atoms with E-state index in [1.165, 1.54) is 18.9 Å². The lowest BCUT2D eigenvalue weighted by atomic mass is 10.0. The van der Waals surface area contributed by atoms with Crippen molar-refractivity contribution in [2.75, 3.05) is 12.9 Å². The molecule has 2 aromatic rings. The van der Waals surface area contributed by atoms with E-state index in [-0.39, 0.29) is 18.3 Å². The SMILES string of the molecule is COC(=O)C[C@@H](NC(=O)CCSc1nnnn1C)c1ccccc1. The lowest BCUT2D eigenvalue weighted by Crippen LogP contribution is -2.30. The Morgan fingerprint density at radius 1 is 1.33 bits per heavy atom. The van der Waals surface area contributed by atoms with Crippen LogP contribution in [-0.2, 0) is 21.4 Å². The Morgan fingerprint density at radius 3 is 2.71 bits per heavy atom. The topological polar surface area (TPSA) is 99.0 Å². The van der Waals surface area contributed by atoms with Crippen molar-refractivity contribution in [3.63, 3.8) is 0 Å². The average Bonchev–Trinajstić information content (AvgIpc) is 3.00. The third-order valence-electron chi connectivity index (χ3n) is 3.28. The summed E-state index contributed by atoms with van der Waals surface area (Å²) in [4.78, 5) is 23.8. The minimum absolute atomic E-state index is 0.0899. The predicted octanol–water partition coefficient (Wildman–Crippen LogP) is 1.11. The molecule has 8 nitrogen and oxygen atoms in total. The molecule has 0 aliphatic rings. The highest BCUT2D eigenvalue weighted by atomic mass is 32.2. The number of ether oxygens (including phenoxy) is 1. The van der Waals surface area contributed by atoms with Gasteiger partial charge in [-0.25, -0.2) is 4.68 Å². The van der Waals surface area contributed by atoms with E-state index < -0.39 is 6.04 Å². The Bertz CT molecular complexity index is 677. The van der Waals surface area contributed by atoms with Crippen LogP contribution < -0.4 is 5.32 Å². The van der Waals surface area contributed by atoms with Crippen LogP contribution in [0.1, 0.15) is 24.4 Å². The second-order valence-corrected chi connectivity index (χ2v) is 6.06. The van der Waals surface area contributed by atoms with Gasteiger partial charge in [-0.15, -0.1) is 5.10 Å². The van der Waals surface area contributed by atoms with Gasteiger partial charge >= 0.3 is 5.97 Å². The minimum atomic E-state index is -0.410. The molecular weight excluding hydrogens is 330 g/mol. The molecule has 1 heterocycles. The third-order valence-corrected chi connectivity index (χ3v) is 4.29. The van der Waals surface area contributed by atoms with E-state index in [0.717, 1.165) is 5.56 Å². The molecule has 0 spiro atoms. The van der Waals surface area contributed by atoms with E-state index in [1.54, 1.807) is 11.7 Å². The first kappa shape index (κ1) is 17.9. The van der Waals surface area contributed by atoms with Crippen LogP contribution >= 0.6 is 11.8 Å². The van der Waals surface area contributed by atoms with Gasteiger partial charge in [-0.3, -0.25) is 9.59 Å². The summed E-state index contributed by atoms with van der Waals surface area (Å²) in [6.07, 6.45) is 0.384. The number of thioether (sulfide) groups is 1. The standard InChI is InChI=1S/C15H19N5O3S/c1-20-15(17-18-19-20)24-9-8-13(21)16-12(10-14(22)23-2)11-6-4-3-5-7-11/h3-7,12H,8-10H2,1-2H3,(H,16,21)/t12-/m1/s1. The van der Waals surface area contributed by atoms with Crippen molar-refractivity contribution < 1.29 is 14.3 Å². The molecule has 0 aliphatic heterocycles. The molecule has 24 heavy (non-hydrogen) atoms. The Labute approximate surface area is 144 Å². The van der Waals surface area contributed by atoms with E-state index in [2.05, 4.69) is 20.8 Å². The fourth-order valence-electron chi connectivity index (χ4n) is 2.03. The molecule has 1 N–H and O–H groups in total. The largest absolute Gasteiger partial charge is 0.469 e. The fourth-order valence-corrected chi connectivity index (χ4v) is 2.82. The zero-order valence-electron chi connectivity index (χ0n) is 13.5. The highest BCUT2D eigenvalue weighted by Crippen LogP contribution is 2.18. The molecule has 0 unspecified atom stereocenters. The Kier molecular flexibility index (Phi) is 6.74. The summed E-state index contributed by atoms with van der Waals surface area (Å²) < 4.78 is 6.26. The van der Waals surface area contributed by atoms with Gasteiger partial charge in [0, 0.05) is 19.2 Å². The van der Waals surface area contributed by atoms with E-state index >= 15 is 0 Å². The number of hydrogen-bond donors (Lipinski definition) is 1. The number of rotatable bonds is 8. The van der Waals surface area contributed by atoms with Crippen LogP contribution in [0.4, 0.5) is 0 Å². The van der Waals surface area contributed by atoms with Crippen molar-refractivity contribution in [2.45, 2.75) is 24.0 Å². The molecule has 0 fully saturated rings. The zero-order chi connectivity index (χ0) is 17.4. The number of nitrogens with one attached hydrogen (secondary N) is 1. The first-order valence-corrected chi connectivity index (χ1v) is 8.35. The second kappa shape index (κ2) is 9.02. The quantitative estimate of drug-likeness (QED) is 0.563. The lowest BCUT2D eigenvalue weighted by molar-refractivity contribution is -0.141. The molecule has 1 amide bonds. The number of nitrogens with zero attached hydrogens (tertiary/aromatic N) is 4. The number of esters is 1. The lowest BCUT2D eigenvalue weighted by Gasteiger charge is -2.18. The number of carbonyl (C=O) groups is 2. The van der Waals surface area contributed by atoms with Crippen LogP contribution in [0.15, 0.2) is 35.5 Å². The van der Waals surface area contributed by atoms with Gasteiger partial charge in [0.25, 0.3) is 0 Å². The number of hydrogen-bond acceptors (Lipinski definition) is 7. The predicted molar refractivity (Wildman–Crippen MR) is 88.1 cm³/mol. The van der Waals surface area contributed by atoms with Crippen molar-refractivity contribution in [3.05, 3.63) is 35.9 Å². The summed E-state index contributed by atoms with van der Waals surface area (Å²) in [5, 5.41) is 14.6. The number of benzene rings is 1. The van der Waals surface area contributed by atoms with Gasteiger partial charge < -0.3 is 10.1 Å². The summed E-state index contributed by atoms with van der Waals surface area (Å²) in [7, 11) is 3.07. The van der Waals surface area contributed by atoms with Gasteiger partial charge in [0.05, 0.1) is 19.6 Å². The van der Waals surface area contributed by atoms with E-state index in [4.69, 9.17) is 4.74 Å². The van der Waals surface area contributed by atoms with Gasteiger partial charge in [-0.05, 0) is 16.0 Å². The molecule has 0 aliphatic carbocycles. The number of carbonyl (C=O) groups excluding carboxylic acids is 2. The molecule has 0 bridgehead atoms. The smallest absolute Gasteiger partial charge is 0.307 e. The molecule has 1 aromatic carbocycles. The van der Waals surface area contributed by atoms with Gasteiger partial charge in [0.2, 0.25) is 11.1 Å². The van der Waals surface area contributed by atoms with Crippen molar-refractivity contribution in [1.82, 2.24) is 25.5 Å². The van der Waals surface area contributed by atoms with Gasteiger partial charge in [0.1, 0.15) is 0 Å². The van der Waals surface area contributed by atoms with E-state index in [1.807, 2.05) is 30.3 Å². The molecule has 128 valence electrons. The highest BCUT2D eigenvalue weighted by molar-refractivity contribution is 7.99. The molecule has 1 atom stereocenters. The van der Waals surface area contributed by atoms with Crippen LogP contribution in [0.2, 0.25) is 0 Å². The van der Waals surface area contributed by atoms with Crippen LogP contribution in [-0.4, -0.2) is 44.9 Å². The summed E-state index contributed by atoms with van der Waals surface area (Å²) in [6.45, 7) is 0. The van der Waals surface area contributed by atoms with Crippen molar-refractivity contribution in [2.24, 2.45) is 7.05 Å². The van der Waals surface area contributed by atoms with Crippen molar-refractivity contribution >= 4 is 23.6 Å². The number of aromatic nitrogens is 4. The number of aryl methyl sites for hydroxylation is 1. The number of amides is 1. The molecule has 1 aromatic heterocycles. The first-order valence-electron chi connectivity index (χ1n) is 7.36. The summed E-state index contributed by atoms with van der Waals surface area (Å²) in [5.41, 5.74) is 0.862. The Balaban J connectivity index is 1.89. The van der Waals surface area contributed by atoms with E-state index in [0.29, 0.717) is 17.3 Å². The molecular formula is C15H19N5O3S. The molecule has 0 radical (unpaired) electrons. The normalized spacial score (nSPS) is 11.8. The minimum Gasteiger partial charge on any atom is -0.469 e. The van der Waals surface area contributed by atoms with E-state index in [9.17, 15) is 9.59 Å². The van der Waals surface area contributed by atoms with Crippen LogP contribution in [0, 0.1) is 0 Å². The van der Waals surface area contributed by atoms with Crippen LogP contribution in [0.25, 0.3) is 0 Å². The maximum atomic E-state index is 12.2. The Hall–Kier alpha value is -2.42. The summed E-state index contributed by atoms with van der Waals surface area (Å²) >= 11 is 1.40. The molecule has 9 heteroatoms. The number of tetrazole rings is 1. The molecule has 0 saturated heterocycles. The monoisotopic (exact) mass is 349 g/mol. The van der Waals surface area contributed by atoms with Crippen LogP contribution in [0.5, 0.6) is 0 Å². The number of methoxy groups -OCH3 is 1. The molecule has 2 rings (SSSR count). The summed E-state index contributed by atoms with van der Waals surface area (Å²) in [6, 6.07) is 8.94. The van der Waals surface area contributed by atoms with Crippen LogP contribution in [0.3, 0.4) is 0 Å². The zero-order valence-corrected chi connectivity index (χ0v) is 14.3. The summed E-state index contributed by atoms with van der Waals surface area (Å²) in [5.74, 6) is 0.0267. The molecule has 0 saturated carbocycles. The van der Waals surface area contributed by atoms with Crippen molar-refractivity contribution in [3.8, 4) is 0 Å². The highest BCUT2D eigenvalue weighted by Gasteiger charge is 2.18. The second-order valence-electron chi connectivity index (χ2n) is 4.99.